The molecule has 0 radical (unpaired) electrons. The molecule has 0 spiro atoms. The number of amides is 1. The van der Waals surface area contributed by atoms with Gasteiger partial charge in [-0.1, -0.05) is 19.9 Å². The summed E-state index contributed by atoms with van der Waals surface area (Å²) < 4.78 is 31.9. The van der Waals surface area contributed by atoms with Crippen LogP contribution in [0.15, 0.2) is 46.0 Å². The maximum absolute atomic E-state index is 12.5. The van der Waals surface area contributed by atoms with E-state index in [4.69, 9.17) is 4.74 Å². The molecule has 1 N–H and O–H groups in total. The summed E-state index contributed by atoms with van der Waals surface area (Å²) in [7, 11) is -2.05. The van der Waals surface area contributed by atoms with Crippen LogP contribution in [-0.2, 0) is 14.8 Å². The van der Waals surface area contributed by atoms with E-state index in [9.17, 15) is 13.2 Å². The van der Waals surface area contributed by atoms with Crippen molar-refractivity contribution in [1.82, 2.24) is 5.32 Å². The predicted octanol–water partition coefficient (Wildman–Crippen LogP) is 2.72. The van der Waals surface area contributed by atoms with Gasteiger partial charge in [0.25, 0.3) is 15.9 Å². The molecule has 1 amide bonds. The number of nitrogens with zero attached hydrogens (tertiary/aromatic N) is 1. The van der Waals surface area contributed by atoms with Crippen molar-refractivity contribution < 1.29 is 17.9 Å². The maximum Gasteiger partial charge on any atom is 0.273 e. The molecule has 0 atom stereocenters. The normalized spacial score (nSPS) is 11.4. The Kier molecular flexibility index (Phi) is 6.44. The van der Waals surface area contributed by atoms with Crippen LogP contribution in [0.25, 0.3) is 0 Å². The number of thiophene rings is 1. The van der Waals surface area contributed by atoms with Crippen molar-refractivity contribution in [2.75, 3.05) is 24.5 Å². The fourth-order valence-corrected chi connectivity index (χ4v) is 4.31. The Bertz CT molecular complexity index is 785. The molecule has 2 rings (SSSR count). The number of carbonyl (C=O) groups excluding carboxylic acids is 1. The van der Waals surface area contributed by atoms with Gasteiger partial charge in [0.1, 0.15) is 9.96 Å². The van der Waals surface area contributed by atoms with Crippen LogP contribution in [0.2, 0.25) is 0 Å². The SMILES string of the molecule is CC(C)CNC(=O)COc1ccc(N(C)S(=O)(=O)c2cccs2)cc1. The van der Waals surface area contributed by atoms with Crippen LogP contribution < -0.4 is 14.4 Å². The van der Waals surface area contributed by atoms with E-state index in [1.807, 2.05) is 13.8 Å². The molecule has 8 heteroatoms. The summed E-state index contributed by atoms with van der Waals surface area (Å²) in [6, 6.07) is 9.85. The summed E-state index contributed by atoms with van der Waals surface area (Å²) in [6.07, 6.45) is 0. The van der Waals surface area contributed by atoms with Gasteiger partial charge in [0.2, 0.25) is 0 Å². The van der Waals surface area contributed by atoms with Gasteiger partial charge in [-0.2, -0.15) is 0 Å². The van der Waals surface area contributed by atoms with Gasteiger partial charge in [-0.3, -0.25) is 9.10 Å². The minimum Gasteiger partial charge on any atom is -0.484 e. The van der Waals surface area contributed by atoms with Crippen molar-refractivity contribution in [2.45, 2.75) is 18.1 Å². The molecule has 0 saturated carbocycles. The lowest BCUT2D eigenvalue weighted by atomic mass is 10.2. The van der Waals surface area contributed by atoms with Gasteiger partial charge in [0, 0.05) is 13.6 Å². The fourth-order valence-electron chi connectivity index (χ4n) is 1.95. The van der Waals surface area contributed by atoms with E-state index in [0.29, 0.717) is 23.9 Å². The lowest BCUT2D eigenvalue weighted by molar-refractivity contribution is -0.123. The Balaban J connectivity index is 1.97. The van der Waals surface area contributed by atoms with Gasteiger partial charge in [-0.15, -0.1) is 11.3 Å². The molecule has 25 heavy (non-hydrogen) atoms. The highest BCUT2D eigenvalue weighted by molar-refractivity contribution is 7.94. The minimum atomic E-state index is -3.56. The molecule has 6 nitrogen and oxygen atoms in total. The van der Waals surface area contributed by atoms with Crippen molar-refractivity contribution in [2.24, 2.45) is 5.92 Å². The van der Waals surface area contributed by atoms with E-state index < -0.39 is 10.0 Å². The molecule has 0 unspecified atom stereocenters. The van der Waals surface area contributed by atoms with Crippen molar-refractivity contribution in [3.05, 3.63) is 41.8 Å². The highest BCUT2D eigenvalue weighted by Gasteiger charge is 2.22. The van der Waals surface area contributed by atoms with Gasteiger partial charge in [-0.25, -0.2) is 8.42 Å². The van der Waals surface area contributed by atoms with Crippen molar-refractivity contribution >= 4 is 33.0 Å². The molecule has 2 aromatic rings. The van der Waals surface area contributed by atoms with E-state index in [0.717, 1.165) is 0 Å². The molecule has 1 heterocycles. The van der Waals surface area contributed by atoms with Gasteiger partial charge >= 0.3 is 0 Å². The van der Waals surface area contributed by atoms with Gasteiger partial charge in [0.15, 0.2) is 6.61 Å². The second-order valence-electron chi connectivity index (χ2n) is 5.89. The smallest absolute Gasteiger partial charge is 0.273 e. The summed E-state index contributed by atoms with van der Waals surface area (Å²) in [6.45, 7) is 4.56. The van der Waals surface area contributed by atoms with E-state index in [-0.39, 0.29) is 16.7 Å². The lowest BCUT2D eigenvalue weighted by Gasteiger charge is -2.18. The monoisotopic (exact) mass is 382 g/mol. The van der Waals surface area contributed by atoms with Crippen LogP contribution in [0.4, 0.5) is 5.69 Å². The number of rotatable bonds is 8. The van der Waals surface area contributed by atoms with Gasteiger partial charge in [-0.05, 0) is 41.6 Å². The number of hydrogen-bond donors (Lipinski definition) is 1. The first-order valence-electron chi connectivity index (χ1n) is 7.82. The fraction of sp³-hybridized carbons (Fsp3) is 0.353. The van der Waals surface area contributed by atoms with Crippen molar-refractivity contribution in [1.29, 1.82) is 0 Å². The zero-order valence-electron chi connectivity index (χ0n) is 14.4. The molecule has 0 saturated heterocycles. The third-order valence-electron chi connectivity index (χ3n) is 3.39. The third kappa shape index (κ3) is 5.20. The summed E-state index contributed by atoms with van der Waals surface area (Å²) in [5.41, 5.74) is 0.519. The molecule has 0 bridgehead atoms. The number of ether oxygens (including phenoxy) is 1. The van der Waals surface area contributed by atoms with Crippen LogP contribution in [0.1, 0.15) is 13.8 Å². The van der Waals surface area contributed by atoms with Crippen molar-refractivity contribution in [3.8, 4) is 5.75 Å². The van der Waals surface area contributed by atoms with E-state index in [1.165, 1.54) is 22.7 Å². The third-order valence-corrected chi connectivity index (χ3v) is 6.55. The molecule has 0 aliphatic carbocycles. The lowest BCUT2D eigenvalue weighted by Crippen LogP contribution is -2.31. The first-order valence-corrected chi connectivity index (χ1v) is 10.1. The molecule has 1 aromatic heterocycles. The summed E-state index contributed by atoms with van der Waals surface area (Å²) >= 11 is 1.18. The molecular formula is C17H22N2O4S2. The Labute approximate surface area is 152 Å². The quantitative estimate of drug-likeness (QED) is 0.762. The first kappa shape index (κ1) is 19.3. The molecule has 0 fully saturated rings. The van der Waals surface area contributed by atoms with Gasteiger partial charge in [0.05, 0.1) is 5.69 Å². The molecular weight excluding hydrogens is 360 g/mol. The zero-order valence-corrected chi connectivity index (χ0v) is 16.1. The Morgan fingerprint density at radius 3 is 2.48 bits per heavy atom. The predicted molar refractivity (Wildman–Crippen MR) is 99.7 cm³/mol. The number of carbonyl (C=O) groups is 1. The van der Waals surface area contributed by atoms with Crippen LogP contribution in [0, 0.1) is 5.92 Å². The highest BCUT2D eigenvalue weighted by atomic mass is 32.2. The van der Waals surface area contributed by atoms with Crippen molar-refractivity contribution in [3.63, 3.8) is 0 Å². The zero-order chi connectivity index (χ0) is 18.4. The number of nitrogens with one attached hydrogen (secondary N) is 1. The van der Waals surface area contributed by atoms with E-state index in [1.54, 1.807) is 41.8 Å². The van der Waals surface area contributed by atoms with E-state index >= 15 is 0 Å². The summed E-state index contributed by atoms with van der Waals surface area (Å²) in [4.78, 5) is 11.6. The van der Waals surface area contributed by atoms with Gasteiger partial charge < -0.3 is 10.1 Å². The average Bonchev–Trinajstić information content (AvgIpc) is 3.13. The Morgan fingerprint density at radius 1 is 1.24 bits per heavy atom. The van der Waals surface area contributed by atoms with Crippen LogP contribution in [0.3, 0.4) is 0 Å². The topological polar surface area (TPSA) is 75.7 Å². The highest BCUT2D eigenvalue weighted by Crippen LogP contribution is 2.26. The first-order chi connectivity index (χ1) is 11.8. The largest absolute Gasteiger partial charge is 0.484 e. The molecule has 0 aliphatic heterocycles. The maximum atomic E-state index is 12.5. The number of hydrogen-bond acceptors (Lipinski definition) is 5. The van der Waals surface area contributed by atoms with Crippen LogP contribution in [-0.4, -0.2) is 34.5 Å². The Hall–Kier alpha value is -2.06. The molecule has 136 valence electrons. The number of sulfonamides is 1. The Morgan fingerprint density at radius 2 is 1.92 bits per heavy atom. The molecule has 0 aliphatic rings. The van der Waals surface area contributed by atoms with E-state index in [2.05, 4.69) is 5.32 Å². The second-order valence-corrected chi connectivity index (χ2v) is 9.03. The minimum absolute atomic E-state index is 0.0740. The van der Waals surface area contributed by atoms with Crippen LogP contribution >= 0.6 is 11.3 Å². The summed E-state index contributed by atoms with van der Waals surface area (Å²) in [5, 5.41) is 4.49. The standard InChI is InChI=1S/C17H22N2O4S2/c1-13(2)11-18-16(20)12-23-15-8-6-14(7-9-15)19(3)25(21,22)17-5-4-10-24-17/h4-10,13H,11-12H2,1-3H3,(H,18,20). The number of anilines is 1. The number of benzene rings is 1. The molecule has 1 aromatic carbocycles. The second kappa shape index (κ2) is 8.35. The summed E-state index contributed by atoms with van der Waals surface area (Å²) in [5.74, 6) is 0.699. The average molecular weight is 383 g/mol. The van der Waals surface area contributed by atoms with Crippen LogP contribution in [0.5, 0.6) is 5.75 Å².